The molecule has 1 heterocycles. The zero-order valence-electron chi connectivity index (χ0n) is 6.52. The van der Waals surface area contributed by atoms with Crippen LogP contribution in [0.1, 0.15) is 10.4 Å². The number of hydrogen-bond donors (Lipinski definition) is 0. The lowest BCUT2D eigenvalue weighted by atomic mass is 10.3. The molecule has 0 bridgehead atoms. The zero-order chi connectivity index (χ0) is 10.6. The molecule has 1 rings (SSSR count). The van der Waals surface area contributed by atoms with E-state index in [1.54, 1.807) is 0 Å². The highest BCUT2D eigenvalue weighted by Crippen LogP contribution is 2.19. The van der Waals surface area contributed by atoms with Crippen molar-refractivity contribution in [3.8, 4) is 0 Å². The normalized spacial score (nSPS) is 9.00. The fourth-order valence-electron chi connectivity index (χ4n) is 0.641. The van der Waals surface area contributed by atoms with Crippen molar-refractivity contribution in [1.82, 2.24) is 4.98 Å². The Labute approximate surface area is 88.0 Å². The zero-order valence-corrected chi connectivity index (χ0v) is 8.03. The molecule has 1 aromatic rings. The third kappa shape index (κ3) is 2.50. The largest absolute Gasteiger partial charge is 0.355 e. The highest BCUT2D eigenvalue weighted by molar-refractivity contribution is 6.41. The minimum Gasteiger partial charge on any atom is -0.355 e. The molecular formula is C6H2Cl2N4O2. The molecule has 0 N–H and O–H groups in total. The van der Waals surface area contributed by atoms with Crippen LogP contribution in [-0.2, 0) is 4.84 Å². The van der Waals surface area contributed by atoms with Gasteiger partial charge in [0.2, 0.25) is 0 Å². The minimum absolute atomic E-state index is 0.0480. The van der Waals surface area contributed by atoms with Crippen molar-refractivity contribution in [2.45, 2.75) is 0 Å². The predicted octanol–water partition coefficient (Wildman–Crippen LogP) is 2.77. The molecule has 0 amide bonds. The van der Waals surface area contributed by atoms with E-state index in [0.717, 1.165) is 6.20 Å². The highest BCUT2D eigenvalue weighted by atomic mass is 35.5. The van der Waals surface area contributed by atoms with Gasteiger partial charge in [0.15, 0.2) is 0 Å². The molecule has 6 nitrogen and oxygen atoms in total. The van der Waals surface area contributed by atoms with Gasteiger partial charge in [0, 0.05) is 11.1 Å². The topological polar surface area (TPSA) is 88.0 Å². The van der Waals surface area contributed by atoms with Crippen LogP contribution in [0, 0.1) is 0 Å². The van der Waals surface area contributed by atoms with E-state index >= 15 is 0 Å². The van der Waals surface area contributed by atoms with Crippen LogP contribution < -0.4 is 0 Å². The molecule has 0 unspecified atom stereocenters. The molecule has 0 atom stereocenters. The van der Waals surface area contributed by atoms with E-state index in [-0.39, 0.29) is 15.7 Å². The summed E-state index contributed by atoms with van der Waals surface area (Å²) < 4.78 is 0. The molecule has 72 valence electrons. The Hall–Kier alpha value is -1.49. The molecule has 0 saturated heterocycles. The summed E-state index contributed by atoms with van der Waals surface area (Å²) in [7, 11) is 0. The highest BCUT2D eigenvalue weighted by Gasteiger charge is 2.09. The summed E-state index contributed by atoms with van der Waals surface area (Å²) in [6.45, 7) is 0. The lowest BCUT2D eigenvalue weighted by Crippen LogP contribution is -2.00. The van der Waals surface area contributed by atoms with E-state index in [4.69, 9.17) is 28.7 Å². The van der Waals surface area contributed by atoms with Crippen molar-refractivity contribution in [3.05, 3.63) is 38.4 Å². The predicted molar refractivity (Wildman–Crippen MR) is 48.8 cm³/mol. The first-order valence-corrected chi connectivity index (χ1v) is 3.97. The Bertz CT molecular complexity index is 416. The third-order valence-corrected chi connectivity index (χ3v) is 1.88. The summed E-state index contributed by atoms with van der Waals surface area (Å²) in [5.74, 6) is -0.853. The van der Waals surface area contributed by atoms with Crippen molar-refractivity contribution < 1.29 is 9.63 Å². The smallest absolute Gasteiger partial charge is 0.351 e. The average molecular weight is 233 g/mol. The van der Waals surface area contributed by atoms with E-state index in [1.807, 2.05) is 0 Å². The molecule has 14 heavy (non-hydrogen) atoms. The fourth-order valence-corrected chi connectivity index (χ4v) is 0.911. The summed E-state index contributed by atoms with van der Waals surface area (Å²) in [6.07, 6.45) is 1.16. The van der Waals surface area contributed by atoms with Crippen molar-refractivity contribution in [2.24, 2.45) is 5.28 Å². The van der Waals surface area contributed by atoms with Gasteiger partial charge >= 0.3 is 5.97 Å². The van der Waals surface area contributed by atoms with Gasteiger partial charge in [0.1, 0.15) is 10.4 Å². The molecule has 0 aromatic carbocycles. The Balaban J connectivity index is 2.91. The maximum Gasteiger partial charge on any atom is 0.351 e. The second-order valence-electron chi connectivity index (χ2n) is 2.05. The van der Waals surface area contributed by atoms with E-state index in [0.29, 0.717) is 0 Å². The van der Waals surface area contributed by atoms with Crippen LogP contribution in [0.2, 0.25) is 10.2 Å². The number of carbonyl (C=O) groups excluding carboxylic acids is 1. The summed E-state index contributed by atoms with van der Waals surface area (Å²) in [5.41, 5.74) is 7.93. The molecular weight excluding hydrogens is 231 g/mol. The number of azide groups is 1. The summed E-state index contributed by atoms with van der Waals surface area (Å²) >= 11 is 11.1. The molecule has 0 fully saturated rings. The maximum atomic E-state index is 11.0. The second-order valence-corrected chi connectivity index (χ2v) is 2.81. The lowest BCUT2D eigenvalue weighted by Gasteiger charge is -1.98. The second kappa shape index (κ2) is 4.66. The summed E-state index contributed by atoms with van der Waals surface area (Å²) in [6, 6.07) is 1.26. The average Bonchev–Trinajstić information content (AvgIpc) is 2.18. The van der Waals surface area contributed by atoms with E-state index < -0.39 is 5.97 Å². The van der Waals surface area contributed by atoms with Crippen LogP contribution >= 0.6 is 23.2 Å². The van der Waals surface area contributed by atoms with Gasteiger partial charge in [-0.2, -0.15) is 0 Å². The molecule has 0 aliphatic heterocycles. The van der Waals surface area contributed by atoms with Gasteiger partial charge in [0.05, 0.1) is 10.6 Å². The van der Waals surface area contributed by atoms with Gasteiger partial charge < -0.3 is 4.84 Å². The molecule has 1 aromatic heterocycles. The van der Waals surface area contributed by atoms with Gasteiger partial charge in [-0.3, -0.25) is 0 Å². The summed E-state index contributed by atoms with van der Waals surface area (Å²) in [4.78, 5) is 21.0. The van der Waals surface area contributed by atoms with E-state index in [2.05, 4.69) is 20.0 Å². The van der Waals surface area contributed by atoms with Crippen molar-refractivity contribution in [1.29, 1.82) is 0 Å². The van der Waals surface area contributed by atoms with Crippen LogP contribution in [0.3, 0.4) is 0 Å². The third-order valence-electron chi connectivity index (χ3n) is 1.19. The fraction of sp³-hybridized carbons (Fsp3) is 0. The molecule has 0 radical (unpaired) electrons. The molecule has 0 aliphatic rings. The van der Waals surface area contributed by atoms with Gasteiger partial charge in [-0.05, 0) is 11.6 Å². The van der Waals surface area contributed by atoms with E-state index in [1.165, 1.54) is 6.07 Å². The number of hydrogen-bond acceptors (Lipinski definition) is 4. The van der Waals surface area contributed by atoms with Gasteiger partial charge in [0.25, 0.3) is 0 Å². The van der Waals surface area contributed by atoms with E-state index in [9.17, 15) is 4.79 Å². The van der Waals surface area contributed by atoms with Crippen LogP contribution in [0.25, 0.3) is 10.4 Å². The number of aromatic nitrogens is 1. The van der Waals surface area contributed by atoms with Crippen molar-refractivity contribution in [2.75, 3.05) is 0 Å². The molecule has 8 heteroatoms. The lowest BCUT2D eigenvalue weighted by molar-refractivity contribution is 0.0505. The molecule has 0 saturated carbocycles. The number of pyridine rings is 1. The standard InChI is InChI=1S/C6H2Cl2N4O2/c7-4-1-3(2-10-5(4)8)6(13)14-12-11-9/h1-2H. The van der Waals surface area contributed by atoms with Crippen LogP contribution in [0.15, 0.2) is 17.5 Å². The first kappa shape index (κ1) is 10.6. The Morgan fingerprint density at radius 1 is 1.64 bits per heavy atom. The van der Waals surface area contributed by atoms with Crippen LogP contribution in [0.5, 0.6) is 0 Å². The molecule has 0 aliphatic carbocycles. The van der Waals surface area contributed by atoms with Gasteiger partial charge in [-0.1, -0.05) is 23.2 Å². The Morgan fingerprint density at radius 2 is 2.36 bits per heavy atom. The number of carbonyl (C=O) groups is 1. The van der Waals surface area contributed by atoms with Crippen molar-refractivity contribution >= 4 is 29.2 Å². The number of halogens is 2. The number of nitrogens with zero attached hydrogens (tertiary/aromatic N) is 4. The number of rotatable bonds is 2. The monoisotopic (exact) mass is 232 g/mol. The minimum atomic E-state index is -0.853. The van der Waals surface area contributed by atoms with Crippen LogP contribution in [0.4, 0.5) is 0 Å². The van der Waals surface area contributed by atoms with Crippen molar-refractivity contribution in [3.63, 3.8) is 0 Å². The first-order chi connectivity index (χ1) is 6.65. The molecule has 0 spiro atoms. The first-order valence-electron chi connectivity index (χ1n) is 3.22. The van der Waals surface area contributed by atoms with Gasteiger partial charge in [-0.25, -0.2) is 9.78 Å². The maximum absolute atomic E-state index is 11.0. The Kier molecular flexibility index (Phi) is 3.53. The SMILES string of the molecule is [N-]=[N+]=NOC(=O)c1cnc(Cl)c(Cl)c1. The van der Waals surface area contributed by atoms with Gasteiger partial charge in [-0.15, -0.1) is 0 Å². The summed E-state index contributed by atoms with van der Waals surface area (Å²) in [5, 5.41) is 2.82. The Morgan fingerprint density at radius 3 is 2.93 bits per heavy atom. The van der Waals surface area contributed by atoms with Crippen LogP contribution in [-0.4, -0.2) is 11.0 Å². The quantitative estimate of drug-likeness (QED) is 0.258.